The van der Waals surface area contributed by atoms with Crippen LogP contribution in [0, 0.1) is 10.1 Å². The van der Waals surface area contributed by atoms with Gasteiger partial charge in [-0.1, -0.05) is 28.1 Å². The molecule has 2 aromatic carbocycles. The monoisotopic (exact) mass is 391 g/mol. The lowest BCUT2D eigenvalue weighted by Crippen LogP contribution is -2.24. The van der Waals surface area contributed by atoms with Gasteiger partial charge in [0.1, 0.15) is 5.75 Å². The fourth-order valence-electron chi connectivity index (χ4n) is 1.84. The van der Waals surface area contributed by atoms with Crippen LogP contribution in [0.3, 0.4) is 0 Å². The van der Waals surface area contributed by atoms with Gasteiger partial charge in [-0.15, -0.1) is 0 Å². The number of urea groups is 1. The van der Waals surface area contributed by atoms with Crippen molar-refractivity contribution in [1.29, 1.82) is 0 Å². The molecule has 24 heavy (non-hydrogen) atoms. The molecule has 0 radical (unpaired) electrons. The number of nitro groups is 1. The molecule has 0 aliphatic rings. The van der Waals surface area contributed by atoms with Crippen LogP contribution < -0.4 is 15.4 Å². The van der Waals surface area contributed by atoms with Gasteiger partial charge in [-0.3, -0.25) is 10.1 Å². The van der Waals surface area contributed by atoms with Gasteiger partial charge in [-0.2, -0.15) is 0 Å². The van der Waals surface area contributed by atoms with Crippen molar-refractivity contribution in [3.63, 3.8) is 0 Å². The predicted octanol–water partition coefficient (Wildman–Crippen LogP) is 4.16. The van der Waals surface area contributed by atoms with Crippen LogP contribution in [0.15, 0.2) is 53.1 Å². The minimum absolute atomic E-state index is 0.118. The highest BCUT2D eigenvalue weighted by molar-refractivity contribution is 9.10. The third-order valence-electron chi connectivity index (χ3n) is 3.00. The van der Waals surface area contributed by atoms with Gasteiger partial charge < -0.3 is 15.4 Å². The average Bonchev–Trinajstić information content (AvgIpc) is 2.56. The molecule has 2 aromatic rings. The van der Waals surface area contributed by atoms with Crippen LogP contribution in [0.4, 0.5) is 16.2 Å². The van der Waals surface area contributed by atoms with Crippen LogP contribution in [0.25, 0.3) is 6.08 Å². The lowest BCUT2D eigenvalue weighted by Gasteiger charge is -2.09. The van der Waals surface area contributed by atoms with Gasteiger partial charge in [0.2, 0.25) is 0 Å². The highest BCUT2D eigenvalue weighted by Crippen LogP contribution is 2.28. The molecule has 0 aromatic heterocycles. The van der Waals surface area contributed by atoms with Gasteiger partial charge in [0, 0.05) is 16.7 Å². The van der Waals surface area contributed by atoms with Crippen molar-refractivity contribution >= 4 is 39.4 Å². The zero-order chi connectivity index (χ0) is 17.5. The Morgan fingerprint density at radius 2 is 1.96 bits per heavy atom. The number of nitrogens with zero attached hydrogens (tertiary/aromatic N) is 1. The fourth-order valence-corrected chi connectivity index (χ4v) is 2.11. The summed E-state index contributed by atoms with van der Waals surface area (Å²) in [6, 6.07) is 11.0. The first-order chi connectivity index (χ1) is 11.5. The molecule has 0 heterocycles. The summed E-state index contributed by atoms with van der Waals surface area (Å²) in [4.78, 5) is 22.1. The first-order valence-corrected chi connectivity index (χ1v) is 7.61. The van der Waals surface area contributed by atoms with E-state index in [0.717, 1.165) is 10.0 Å². The second-order valence-electron chi connectivity index (χ2n) is 4.63. The minimum Gasteiger partial charge on any atom is -0.494 e. The number of carbonyl (C=O) groups is 1. The van der Waals surface area contributed by atoms with Crippen molar-refractivity contribution in [2.75, 3.05) is 12.4 Å². The molecule has 124 valence electrons. The SMILES string of the molecule is COc1cc([N+](=O)[O-])ccc1NC(=O)N/C=C/c1ccc(Br)cc1. The molecule has 0 aliphatic carbocycles. The lowest BCUT2D eigenvalue weighted by molar-refractivity contribution is -0.384. The number of nitrogens with one attached hydrogen (secondary N) is 2. The zero-order valence-electron chi connectivity index (χ0n) is 12.7. The van der Waals surface area contributed by atoms with Crippen molar-refractivity contribution in [2.24, 2.45) is 0 Å². The van der Waals surface area contributed by atoms with Gasteiger partial charge in [0.25, 0.3) is 5.69 Å². The number of rotatable bonds is 5. The lowest BCUT2D eigenvalue weighted by atomic mass is 10.2. The maximum atomic E-state index is 11.9. The van der Waals surface area contributed by atoms with E-state index < -0.39 is 11.0 Å². The van der Waals surface area contributed by atoms with E-state index in [1.165, 1.54) is 31.5 Å². The molecule has 0 saturated carbocycles. The maximum Gasteiger partial charge on any atom is 0.323 e. The van der Waals surface area contributed by atoms with Gasteiger partial charge in [0.15, 0.2) is 0 Å². The molecule has 0 aliphatic heterocycles. The molecular formula is C16H14BrN3O4. The first-order valence-electron chi connectivity index (χ1n) is 6.81. The number of carbonyl (C=O) groups excluding carboxylic acids is 1. The van der Waals surface area contributed by atoms with Gasteiger partial charge in [0.05, 0.1) is 23.8 Å². The Labute approximate surface area is 146 Å². The van der Waals surface area contributed by atoms with Crippen LogP contribution in [-0.4, -0.2) is 18.1 Å². The van der Waals surface area contributed by atoms with E-state index in [9.17, 15) is 14.9 Å². The van der Waals surface area contributed by atoms with Crippen molar-refractivity contribution in [3.05, 3.63) is 68.8 Å². The number of nitro benzene ring substituents is 1. The molecule has 7 nitrogen and oxygen atoms in total. The Kier molecular flexibility index (Phi) is 5.91. The number of amides is 2. The zero-order valence-corrected chi connectivity index (χ0v) is 14.2. The molecule has 0 atom stereocenters. The maximum absolute atomic E-state index is 11.9. The van der Waals surface area contributed by atoms with E-state index in [4.69, 9.17) is 4.74 Å². The molecule has 0 spiro atoms. The summed E-state index contributed by atoms with van der Waals surface area (Å²) in [5.74, 6) is 0.205. The number of benzene rings is 2. The van der Waals surface area contributed by atoms with Crippen molar-refractivity contribution in [2.45, 2.75) is 0 Å². The number of hydrogen-bond acceptors (Lipinski definition) is 4. The van der Waals surface area contributed by atoms with E-state index in [1.807, 2.05) is 24.3 Å². The number of methoxy groups -OCH3 is 1. The Balaban J connectivity index is 1.99. The summed E-state index contributed by atoms with van der Waals surface area (Å²) in [6.45, 7) is 0. The summed E-state index contributed by atoms with van der Waals surface area (Å²) in [6.07, 6.45) is 3.23. The number of non-ortho nitro benzene ring substituents is 1. The molecular weight excluding hydrogens is 378 g/mol. The van der Waals surface area contributed by atoms with Crippen LogP contribution in [0.5, 0.6) is 5.75 Å². The summed E-state index contributed by atoms with van der Waals surface area (Å²) in [7, 11) is 1.37. The molecule has 2 amide bonds. The average molecular weight is 392 g/mol. The summed E-state index contributed by atoms with van der Waals surface area (Å²) >= 11 is 3.34. The van der Waals surface area contributed by atoms with Crippen molar-refractivity contribution < 1.29 is 14.5 Å². The Morgan fingerprint density at radius 3 is 2.58 bits per heavy atom. The van der Waals surface area contributed by atoms with E-state index >= 15 is 0 Å². The second-order valence-corrected chi connectivity index (χ2v) is 5.54. The minimum atomic E-state index is -0.534. The molecule has 8 heteroatoms. The van der Waals surface area contributed by atoms with Crippen molar-refractivity contribution in [3.8, 4) is 5.75 Å². The van der Waals surface area contributed by atoms with Crippen LogP contribution in [-0.2, 0) is 0 Å². The predicted molar refractivity (Wildman–Crippen MR) is 95.0 cm³/mol. The molecule has 0 fully saturated rings. The van der Waals surface area contributed by atoms with Crippen LogP contribution in [0.1, 0.15) is 5.56 Å². The summed E-state index contributed by atoms with van der Waals surface area (Å²) < 4.78 is 6.02. The van der Waals surface area contributed by atoms with Crippen LogP contribution in [0.2, 0.25) is 0 Å². The van der Waals surface area contributed by atoms with Gasteiger partial charge in [-0.25, -0.2) is 4.79 Å². The summed E-state index contributed by atoms with van der Waals surface area (Å²) in [5, 5.41) is 15.9. The Morgan fingerprint density at radius 1 is 1.25 bits per heavy atom. The number of anilines is 1. The molecule has 0 saturated heterocycles. The van der Waals surface area contributed by atoms with Crippen LogP contribution >= 0.6 is 15.9 Å². The van der Waals surface area contributed by atoms with E-state index in [-0.39, 0.29) is 11.4 Å². The fraction of sp³-hybridized carbons (Fsp3) is 0.0625. The molecule has 2 N–H and O–H groups in total. The number of halogens is 1. The van der Waals surface area contributed by atoms with Crippen molar-refractivity contribution in [1.82, 2.24) is 5.32 Å². The Hall–Kier alpha value is -2.87. The number of ether oxygens (including phenoxy) is 1. The highest BCUT2D eigenvalue weighted by Gasteiger charge is 2.12. The van der Waals surface area contributed by atoms with Gasteiger partial charge >= 0.3 is 6.03 Å². The topological polar surface area (TPSA) is 93.5 Å². The van der Waals surface area contributed by atoms with E-state index in [0.29, 0.717) is 5.69 Å². The van der Waals surface area contributed by atoms with E-state index in [1.54, 1.807) is 6.08 Å². The first kappa shape index (κ1) is 17.5. The molecule has 2 rings (SSSR count). The van der Waals surface area contributed by atoms with E-state index in [2.05, 4.69) is 26.6 Å². The Bertz CT molecular complexity index is 775. The summed E-state index contributed by atoms with van der Waals surface area (Å²) in [5.41, 5.74) is 1.14. The third-order valence-corrected chi connectivity index (χ3v) is 3.53. The smallest absolute Gasteiger partial charge is 0.323 e. The molecule has 0 unspecified atom stereocenters. The third kappa shape index (κ3) is 4.82. The standard InChI is InChI=1S/C16H14BrN3O4/c1-24-15-10-13(20(22)23)6-7-14(15)19-16(21)18-9-8-11-2-4-12(17)5-3-11/h2-10H,1H3,(H2,18,19,21)/b9-8+. The largest absolute Gasteiger partial charge is 0.494 e. The molecule has 0 bridgehead atoms. The second kappa shape index (κ2) is 8.11. The normalized spacial score (nSPS) is 10.4. The highest BCUT2D eigenvalue weighted by atomic mass is 79.9. The quantitative estimate of drug-likeness (QED) is 0.590. The van der Waals surface area contributed by atoms with Gasteiger partial charge in [-0.05, 0) is 29.8 Å². The number of hydrogen-bond donors (Lipinski definition) is 2.